The van der Waals surface area contributed by atoms with Gasteiger partial charge in [0.1, 0.15) is 10.7 Å². The van der Waals surface area contributed by atoms with Crippen LogP contribution >= 0.6 is 11.6 Å². The van der Waals surface area contributed by atoms with Crippen LogP contribution in [-0.4, -0.2) is 38.3 Å². The Kier molecular flexibility index (Phi) is 7.06. The first kappa shape index (κ1) is 23.3. The summed E-state index contributed by atoms with van der Waals surface area (Å²) < 4.78 is 61.9. The molecule has 0 saturated carbocycles. The largest absolute Gasteiger partial charge is 0.490 e. The molecule has 0 aliphatic carbocycles. The third-order valence-corrected chi connectivity index (χ3v) is 7.07. The number of hydrogen-bond acceptors (Lipinski definition) is 6. The van der Waals surface area contributed by atoms with Gasteiger partial charge in [-0.15, -0.1) is 5.10 Å². The number of benzene rings is 2. The molecule has 11 heteroatoms. The van der Waals surface area contributed by atoms with Crippen molar-refractivity contribution in [2.75, 3.05) is 24.4 Å². The number of halogens is 3. The summed E-state index contributed by atoms with van der Waals surface area (Å²) in [6.07, 6.45) is 2.21. The van der Waals surface area contributed by atoms with Gasteiger partial charge in [0.25, 0.3) is 10.0 Å². The van der Waals surface area contributed by atoms with Gasteiger partial charge in [0, 0.05) is 35.8 Å². The highest BCUT2D eigenvalue weighted by atomic mass is 35.5. The molecule has 2 aromatic carbocycles. The fourth-order valence-corrected chi connectivity index (χ4v) is 5.01. The van der Waals surface area contributed by atoms with Crippen LogP contribution in [0.4, 0.5) is 14.6 Å². The van der Waals surface area contributed by atoms with Crippen molar-refractivity contribution in [1.29, 1.82) is 0 Å². The van der Waals surface area contributed by atoms with Crippen molar-refractivity contribution in [3.05, 3.63) is 76.9 Å². The number of rotatable bonds is 7. The van der Waals surface area contributed by atoms with Gasteiger partial charge in [-0.25, -0.2) is 17.2 Å². The van der Waals surface area contributed by atoms with Crippen molar-refractivity contribution in [3.63, 3.8) is 0 Å². The summed E-state index contributed by atoms with van der Waals surface area (Å²) in [7, 11) is -4.41. The second kappa shape index (κ2) is 9.98. The summed E-state index contributed by atoms with van der Waals surface area (Å²) in [5.74, 6) is -2.43. The van der Waals surface area contributed by atoms with E-state index < -0.39 is 26.6 Å². The van der Waals surface area contributed by atoms with Crippen LogP contribution in [0, 0.1) is 17.6 Å². The normalized spacial score (nSPS) is 18.6. The molecule has 1 fully saturated rings. The Hall–Kier alpha value is -2.82. The number of hydrogen-bond donors (Lipinski definition) is 2. The second-order valence-corrected chi connectivity index (χ2v) is 9.74. The van der Waals surface area contributed by atoms with Crippen molar-refractivity contribution in [1.82, 2.24) is 15.5 Å². The number of nitrogens with zero attached hydrogens (tertiary/aromatic N) is 2. The second-order valence-electron chi connectivity index (χ2n) is 7.65. The zero-order valence-corrected chi connectivity index (χ0v) is 18.9. The summed E-state index contributed by atoms with van der Waals surface area (Å²) in [4.78, 5) is -0.851. The van der Waals surface area contributed by atoms with Crippen molar-refractivity contribution >= 4 is 27.4 Å². The molecule has 0 unspecified atom stereocenters. The van der Waals surface area contributed by atoms with Crippen LogP contribution in [0.1, 0.15) is 17.9 Å². The molecule has 1 aromatic heterocycles. The van der Waals surface area contributed by atoms with Crippen LogP contribution in [0.25, 0.3) is 0 Å². The Morgan fingerprint density at radius 3 is 2.67 bits per heavy atom. The number of piperidine rings is 1. The summed E-state index contributed by atoms with van der Waals surface area (Å²) in [5.41, 5.74) is 1.10. The lowest BCUT2D eigenvalue weighted by Crippen LogP contribution is -2.38. The Balaban J connectivity index is 1.49. The third-order valence-electron chi connectivity index (χ3n) is 5.45. The topological polar surface area (TPSA) is 93.2 Å². The van der Waals surface area contributed by atoms with E-state index in [2.05, 4.69) is 20.2 Å². The zero-order chi connectivity index (χ0) is 23.4. The maximum Gasteiger partial charge on any atom is 0.266 e. The van der Waals surface area contributed by atoms with E-state index in [0.29, 0.717) is 17.6 Å². The van der Waals surface area contributed by atoms with Crippen molar-refractivity contribution in [2.24, 2.45) is 5.92 Å². The van der Waals surface area contributed by atoms with Gasteiger partial charge in [-0.05, 0) is 48.7 Å². The molecule has 0 spiro atoms. The first-order chi connectivity index (χ1) is 15.8. The standard InChI is InChI=1S/C22H21ClF2N4O3S/c23-16-5-3-14(4-6-16)17-7-9-26-12-15(17)13-32-20-10-19(25)21(11-18(20)24)33(30,31)29-22-2-1-8-27-28-22/h1-6,8,10-11,15,17,26H,7,9,12-13H2,(H,28,29)/t15-,17-/m1/s1. The minimum Gasteiger partial charge on any atom is -0.490 e. The summed E-state index contributed by atoms with van der Waals surface area (Å²) in [6.45, 7) is 1.60. The van der Waals surface area contributed by atoms with Gasteiger partial charge < -0.3 is 10.1 Å². The van der Waals surface area contributed by atoms with Crippen molar-refractivity contribution < 1.29 is 21.9 Å². The van der Waals surface area contributed by atoms with E-state index in [9.17, 15) is 17.2 Å². The van der Waals surface area contributed by atoms with Gasteiger partial charge in [0.05, 0.1) is 6.61 Å². The number of anilines is 1. The highest BCUT2D eigenvalue weighted by Crippen LogP contribution is 2.33. The van der Waals surface area contributed by atoms with Gasteiger partial charge in [-0.1, -0.05) is 23.7 Å². The van der Waals surface area contributed by atoms with Crippen LogP contribution in [0.3, 0.4) is 0 Å². The Labute approximate surface area is 195 Å². The summed E-state index contributed by atoms with van der Waals surface area (Å²) >= 11 is 5.98. The van der Waals surface area contributed by atoms with Crippen LogP contribution < -0.4 is 14.8 Å². The Morgan fingerprint density at radius 1 is 1.15 bits per heavy atom. The number of ether oxygens (including phenoxy) is 1. The van der Waals surface area contributed by atoms with Gasteiger partial charge in [0.2, 0.25) is 0 Å². The van der Waals surface area contributed by atoms with Gasteiger partial charge >= 0.3 is 0 Å². The summed E-state index contributed by atoms with van der Waals surface area (Å²) in [5, 5.41) is 11.1. The maximum atomic E-state index is 14.7. The van der Waals surface area contributed by atoms with E-state index in [1.807, 2.05) is 24.3 Å². The lowest BCUT2D eigenvalue weighted by molar-refractivity contribution is 0.190. The molecule has 2 atom stereocenters. The van der Waals surface area contributed by atoms with E-state index in [1.54, 1.807) is 0 Å². The number of aromatic nitrogens is 2. The average molecular weight is 495 g/mol. The highest BCUT2D eigenvalue weighted by Gasteiger charge is 2.28. The highest BCUT2D eigenvalue weighted by molar-refractivity contribution is 7.92. The van der Waals surface area contributed by atoms with Crippen molar-refractivity contribution in [3.8, 4) is 5.75 Å². The molecule has 1 aliphatic rings. The van der Waals surface area contributed by atoms with E-state index in [4.69, 9.17) is 16.3 Å². The first-order valence-electron chi connectivity index (χ1n) is 10.2. The lowest BCUT2D eigenvalue weighted by atomic mass is 9.81. The van der Waals surface area contributed by atoms with Crippen LogP contribution in [0.15, 0.2) is 59.6 Å². The van der Waals surface area contributed by atoms with Crippen LogP contribution in [0.5, 0.6) is 5.75 Å². The molecule has 174 valence electrons. The van der Waals surface area contributed by atoms with E-state index in [0.717, 1.165) is 24.6 Å². The molecule has 0 bridgehead atoms. The van der Waals surface area contributed by atoms with E-state index in [1.165, 1.54) is 18.3 Å². The molecule has 1 aliphatic heterocycles. The lowest BCUT2D eigenvalue weighted by Gasteiger charge is -2.32. The van der Waals surface area contributed by atoms with E-state index >= 15 is 0 Å². The molecular weight excluding hydrogens is 474 g/mol. The fraction of sp³-hybridized carbons (Fsp3) is 0.273. The van der Waals surface area contributed by atoms with Gasteiger partial charge in [-0.3, -0.25) is 4.72 Å². The molecule has 1 saturated heterocycles. The number of nitrogens with one attached hydrogen (secondary N) is 2. The maximum absolute atomic E-state index is 14.7. The third kappa shape index (κ3) is 5.58. The SMILES string of the molecule is O=S(=O)(Nc1cccnn1)c1cc(F)c(OC[C@H]2CNCC[C@@H]2c2ccc(Cl)cc2)cc1F. The molecule has 3 aromatic rings. The van der Waals surface area contributed by atoms with Crippen LogP contribution in [-0.2, 0) is 10.0 Å². The minimum absolute atomic E-state index is 0.00381. The molecule has 4 rings (SSSR count). The monoisotopic (exact) mass is 494 g/mol. The smallest absolute Gasteiger partial charge is 0.266 e. The van der Waals surface area contributed by atoms with Crippen LogP contribution in [0.2, 0.25) is 5.02 Å². The first-order valence-corrected chi connectivity index (χ1v) is 12.1. The average Bonchev–Trinajstić information content (AvgIpc) is 2.80. The fourth-order valence-electron chi connectivity index (χ4n) is 3.82. The molecule has 0 radical (unpaired) electrons. The molecule has 7 nitrogen and oxygen atoms in total. The van der Waals surface area contributed by atoms with E-state index in [-0.39, 0.29) is 30.0 Å². The number of sulfonamides is 1. The predicted molar refractivity (Wildman–Crippen MR) is 120 cm³/mol. The molecule has 0 amide bonds. The Bertz CT molecular complexity index is 1210. The van der Waals surface area contributed by atoms with Crippen molar-refractivity contribution in [2.45, 2.75) is 17.2 Å². The Morgan fingerprint density at radius 2 is 1.94 bits per heavy atom. The summed E-state index contributed by atoms with van der Waals surface area (Å²) in [6, 6.07) is 11.7. The van der Waals surface area contributed by atoms with Gasteiger partial charge in [-0.2, -0.15) is 5.10 Å². The quantitative estimate of drug-likeness (QED) is 0.516. The molecule has 2 N–H and O–H groups in total. The predicted octanol–water partition coefficient (Wildman–Crippen LogP) is 3.98. The molecule has 2 heterocycles. The molecule has 33 heavy (non-hydrogen) atoms. The zero-order valence-electron chi connectivity index (χ0n) is 17.3. The van der Waals surface area contributed by atoms with Gasteiger partial charge in [0.15, 0.2) is 17.4 Å². The minimum atomic E-state index is -4.41. The molecular formula is C22H21ClF2N4O3S.